The predicted molar refractivity (Wildman–Crippen MR) is 78.3 cm³/mol. The third-order valence-electron chi connectivity index (χ3n) is 3.17. The third-order valence-corrected chi connectivity index (χ3v) is 3.17. The second kappa shape index (κ2) is 5.25. The fourth-order valence-corrected chi connectivity index (χ4v) is 2.08. The van der Waals surface area contributed by atoms with Gasteiger partial charge in [0.05, 0.1) is 12.2 Å². The monoisotopic (exact) mass is 281 g/mol. The lowest BCUT2D eigenvalue weighted by molar-refractivity contribution is 0.628. The molecule has 0 atom stereocenters. The van der Waals surface area contributed by atoms with Crippen LogP contribution in [0.5, 0.6) is 0 Å². The van der Waals surface area contributed by atoms with Gasteiger partial charge in [-0.05, 0) is 37.3 Å². The van der Waals surface area contributed by atoms with E-state index in [9.17, 15) is 9.18 Å². The Labute approximate surface area is 120 Å². The second-order valence-electron chi connectivity index (χ2n) is 4.52. The lowest BCUT2D eigenvalue weighted by Crippen LogP contribution is -2.20. The molecule has 0 spiro atoms. The Bertz CT molecular complexity index is 911. The van der Waals surface area contributed by atoms with Gasteiger partial charge in [0.15, 0.2) is 0 Å². The van der Waals surface area contributed by atoms with E-state index in [1.54, 1.807) is 37.5 Å². The zero-order valence-electron chi connectivity index (χ0n) is 11.4. The van der Waals surface area contributed by atoms with Crippen LogP contribution < -0.4 is 5.56 Å². The molecule has 0 bridgehead atoms. The number of nitrogens with zero attached hydrogens (tertiary/aromatic N) is 3. The predicted octanol–water partition coefficient (Wildman–Crippen LogP) is 2.33. The van der Waals surface area contributed by atoms with Gasteiger partial charge < -0.3 is 4.57 Å². The molecule has 2 heterocycles. The first-order chi connectivity index (χ1) is 10.2. The van der Waals surface area contributed by atoms with Gasteiger partial charge >= 0.3 is 0 Å². The highest BCUT2D eigenvalue weighted by molar-refractivity contribution is 5.65. The molecule has 3 aromatic rings. The van der Waals surface area contributed by atoms with Gasteiger partial charge in [-0.15, -0.1) is 5.92 Å². The van der Waals surface area contributed by atoms with Crippen molar-refractivity contribution in [3.05, 3.63) is 58.9 Å². The first-order valence-electron chi connectivity index (χ1n) is 6.43. The Morgan fingerprint density at radius 1 is 1.24 bits per heavy atom. The van der Waals surface area contributed by atoms with Crippen LogP contribution in [-0.4, -0.2) is 14.2 Å². The fraction of sp³-hybridized carbons (Fsp3) is 0.125. The molecule has 0 saturated heterocycles. The molecule has 0 N–H and O–H groups in total. The van der Waals surface area contributed by atoms with Crippen molar-refractivity contribution in [1.82, 2.24) is 14.2 Å². The molecular formula is C16H12FN3O. The first kappa shape index (κ1) is 13.1. The van der Waals surface area contributed by atoms with Crippen molar-refractivity contribution in [2.24, 2.45) is 0 Å². The summed E-state index contributed by atoms with van der Waals surface area (Å²) in [4.78, 5) is 12.3. The normalized spacial score (nSPS) is 10.4. The van der Waals surface area contributed by atoms with Gasteiger partial charge in [0.25, 0.3) is 5.56 Å². The van der Waals surface area contributed by atoms with Crippen LogP contribution in [-0.2, 0) is 6.54 Å². The number of rotatable bonds is 2. The second-order valence-corrected chi connectivity index (χ2v) is 4.52. The zero-order valence-corrected chi connectivity index (χ0v) is 11.4. The topological polar surface area (TPSA) is 39.3 Å². The molecule has 0 saturated carbocycles. The van der Waals surface area contributed by atoms with Crippen molar-refractivity contribution in [3.63, 3.8) is 0 Å². The van der Waals surface area contributed by atoms with Gasteiger partial charge in [-0.2, -0.15) is 5.10 Å². The quantitative estimate of drug-likeness (QED) is 0.676. The summed E-state index contributed by atoms with van der Waals surface area (Å²) in [5.74, 6) is 5.31. The van der Waals surface area contributed by atoms with Crippen molar-refractivity contribution in [2.75, 3.05) is 0 Å². The lowest BCUT2D eigenvalue weighted by atomic mass is 10.1. The van der Waals surface area contributed by atoms with Gasteiger partial charge in [0.1, 0.15) is 11.3 Å². The van der Waals surface area contributed by atoms with Gasteiger partial charge in [-0.25, -0.2) is 8.91 Å². The Morgan fingerprint density at radius 2 is 2.00 bits per heavy atom. The summed E-state index contributed by atoms with van der Waals surface area (Å²) >= 11 is 0. The van der Waals surface area contributed by atoms with E-state index in [0.717, 1.165) is 5.56 Å². The number of aromatic nitrogens is 3. The van der Waals surface area contributed by atoms with Gasteiger partial charge in [0.2, 0.25) is 0 Å². The molecule has 0 aliphatic heterocycles. The van der Waals surface area contributed by atoms with E-state index in [4.69, 9.17) is 0 Å². The average Bonchev–Trinajstić information content (AvgIpc) is 2.92. The lowest BCUT2D eigenvalue weighted by Gasteiger charge is -2.00. The molecule has 4 nitrogen and oxygen atoms in total. The van der Waals surface area contributed by atoms with Crippen molar-refractivity contribution >= 4 is 5.52 Å². The van der Waals surface area contributed by atoms with E-state index in [1.165, 1.54) is 21.2 Å². The summed E-state index contributed by atoms with van der Waals surface area (Å²) in [5, 5.41) is 4.34. The van der Waals surface area contributed by atoms with E-state index in [1.807, 2.05) is 0 Å². The van der Waals surface area contributed by atoms with Gasteiger partial charge in [0, 0.05) is 18.0 Å². The summed E-state index contributed by atoms with van der Waals surface area (Å²) < 4.78 is 16.0. The summed E-state index contributed by atoms with van der Waals surface area (Å²) in [5.41, 5.74) is 1.71. The SMILES string of the molecule is CC#CCn1ccn2nc(-c3ccc(F)cc3)cc2c1=O. The maximum absolute atomic E-state index is 13.0. The molecule has 1 aromatic carbocycles. The van der Waals surface area contributed by atoms with Crippen molar-refractivity contribution in [1.29, 1.82) is 0 Å². The number of hydrogen-bond donors (Lipinski definition) is 0. The molecule has 5 heteroatoms. The van der Waals surface area contributed by atoms with Crippen LogP contribution in [0.25, 0.3) is 16.8 Å². The van der Waals surface area contributed by atoms with Gasteiger partial charge in [-0.1, -0.05) is 5.92 Å². The number of benzene rings is 1. The number of fused-ring (bicyclic) bond motifs is 1. The molecule has 0 aliphatic rings. The molecule has 104 valence electrons. The molecular weight excluding hydrogens is 269 g/mol. The Kier molecular flexibility index (Phi) is 3.28. The summed E-state index contributed by atoms with van der Waals surface area (Å²) in [6, 6.07) is 7.71. The van der Waals surface area contributed by atoms with Crippen LogP contribution >= 0.6 is 0 Å². The highest BCUT2D eigenvalue weighted by Crippen LogP contribution is 2.18. The smallest absolute Gasteiger partial charge is 0.277 e. The highest BCUT2D eigenvalue weighted by Gasteiger charge is 2.08. The van der Waals surface area contributed by atoms with E-state index >= 15 is 0 Å². The fourth-order valence-electron chi connectivity index (χ4n) is 2.08. The Balaban J connectivity index is 2.11. The Morgan fingerprint density at radius 3 is 2.71 bits per heavy atom. The van der Waals surface area contributed by atoms with Crippen LogP contribution in [0, 0.1) is 17.7 Å². The molecule has 0 fully saturated rings. The maximum atomic E-state index is 13.0. The summed E-state index contributed by atoms with van der Waals surface area (Å²) in [6.45, 7) is 2.08. The standard InChI is InChI=1S/C16H12FN3O/c1-2-3-8-19-9-10-20-15(16(19)21)11-14(18-20)12-4-6-13(17)7-5-12/h4-7,9-11H,8H2,1H3. The average molecular weight is 281 g/mol. The van der Waals surface area contributed by atoms with Crippen LogP contribution in [0.4, 0.5) is 4.39 Å². The molecule has 3 rings (SSSR count). The van der Waals surface area contributed by atoms with E-state index < -0.39 is 0 Å². The van der Waals surface area contributed by atoms with E-state index in [0.29, 0.717) is 17.8 Å². The maximum Gasteiger partial charge on any atom is 0.277 e. The number of hydrogen-bond acceptors (Lipinski definition) is 2. The zero-order chi connectivity index (χ0) is 14.8. The van der Waals surface area contributed by atoms with Crippen LogP contribution in [0.15, 0.2) is 47.5 Å². The van der Waals surface area contributed by atoms with Crippen LogP contribution in [0.1, 0.15) is 6.92 Å². The minimum atomic E-state index is -0.303. The molecule has 0 radical (unpaired) electrons. The molecule has 0 amide bonds. The minimum Gasteiger partial charge on any atom is -0.300 e. The van der Waals surface area contributed by atoms with E-state index in [2.05, 4.69) is 16.9 Å². The van der Waals surface area contributed by atoms with Crippen LogP contribution in [0.3, 0.4) is 0 Å². The molecule has 0 aliphatic carbocycles. The first-order valence-corrected chi connectivity index (χ1v) is 6.43. The molecule has 21 heavy (non-hydrogen) atoms. The summed E-state index contributed by atoms with van der Waals surface area (Å²) in [7, 11) is 0. The van der Waals surface area contributed by atoms with Crippen molar-refractivity contribution in [2.45, 2.75) is 13.5 Å². The van der Waals surface area contributed by atoms with Crippen molar-refractivity contribution < 1.29 is 4.39 Å². The molecule has 0 unspecified atom stereocenters. The highest BCUT2D eigenvalue weighted by atomic mass is 19.1. The summed E-state index contributed by atoms with van der Waals surface area (Å²) in [6.07, 6.45) is 3.36. The Hall–Kier alpha value is -2.87. The number of halogens is 1. The minimum absolute atomic E-state index is 0.152. The van der Waals surface area contributed by atoms with E-state index in [-0.39, 0.29) is 11.4 Å². The third kappa shape index (κ3) is 2.43. The largest absolute Gasteiger partial charge is 0.300 e. The molecule has 2 aromatic heterocycles. The van der Waals surface area contributed by atoms with Crippen LogP contribution in [0.2, 0.25) is 0 Å². The van der Waals surface area contributed by atoms with Crippen molar-refractivity contribution in [3.8, 4) is 23.1 Å². The van der Waals surface area contributed by atoms with Gasteiger partial charge in [-0.3, -0.25) is 4.79 Å².